The van der Waals surface area contributed by atoms with E-state index in [0.717, 1.165) is 38.6 Å². The fourth-order valence-corrected chi connectivity index (χ4v) is 5.45. The average molecular weight is 295 g/mol. The van der Waals surface area contributed by atoms with Crippen LogP contribution in [0.15, 0.2) is 0 Å². The van der Waals surface area contributed by atoms with Crippen LogP contribution in [-0.4, -0.2) is 38.5 Å². The summed E-state index contributed by atoms with van der Waals surface area (Å²) in [6.07, 6.45) is 11.7. The Kier molecular flexibility index (Phi) is 4.92. The standard InChI is InChI=1S/C18H33NO2/c1-3-17(7-4-5-8-17)16(19-2)15-6-11-21-18(14-15)9-12-20-13-10-18/h15-16,19H,3-14H2,1-2H3. The Morgan fingerprint density at radius 2 is 1.81 bits per heavy atom. The lowest BCUT2D eigenvalue weighted by Gasteiger charge is -2.49. The minimum Gasteiger partial charge on any atom is -0.381 e. The molecule has 3 nitrogen and oxygen atoms in total. The van der Waals surface area contributed by atoms with Crippen molar-refractivity contribution in [1.29, 1.82) is 0 Å². The van der Waals surface area contributed by atoms with Gasteiger partial charge in [0.1, 0.15) is 0 Å². The Labute approximate surface area is 130 Å². The number of nitrogens with one attached hydrogen (secondary N) is 1. The summed E-state index contributed by atoms with van der Waals surface area (Å²) in [6, 6.07) is 0.675. The van der Waals surface area contributed by atoms with Gasteiger partial charge in [-0.2, -0.15) is 0 Å². The molecule has 2 saturated heterocycles. The Hall–Kier alpha value is -0.120. The van der Waals surface area contributed by atoms with E-state index in [0.29, 0.717) is 11.5 Å². The van der Waals surface area contributed by atoms with Gasteiger partial charge in [-0.25, -0.2) is 0 Å². The second-order valence-electron chi connectivity index (χ2n) is 7.59. The van der Waals surface area contributed by atoms with E-state index >= 15 is 0 Å². The molecule has 1 saturated carbocycles. The molecule has 1 aliphatic carbocycles. The van der Waals surface area contributed by atoms with Gasteiger partial charge in [-0.1, -0.05) is 19.8 Å². The zero-order valence-electron chi connectivity index (χ0n) is 14.0. The Morgan fingerprint density at radius 1 is 1.10 bits per heavy atom. The predicted octanol–water partition coefficient (Wildman–Crippen LogP) is 3.52. The van der Waals surface area contributed by atoms with Crippen LogP contribution in [0.4, 0.5) is 0 Å². The van der Waals surface area contributed by atoms with Gasteiger partial charge < -0.3 is 14.8 Å². The minimum atomic E-state index is 0.129. The summed E-state index contributed by atoms with van der Waals surface area (Å²) in [5, 5.41) is 3.74. The first-order valence-corrected chi connectivity index (χ1v) is 9.13. The third-order valence-corrected chi connectivity index (χ3v) is 6.68. The molecule has 1 N–H and O–H groups in total. The molecule has 0 amide bonds. The molecule has 0 aromatic heterocycles. The molecule has 2 aliphatic heterocycles. The van der Waals surface area contributed by atoms with Crippen molar-refractivity contribution in [2.24, 2.45) is 11.3 Å². The highest BCUT2D eigenvalue weighted by Crippen LogP contribution is 2.49. The number of hydrogen-bond acceptors (Lipinski definition) is 3. The van der Waals surface area contributed by atoms with Gasteiger partial charge in [0.2, 0.25) is 0 Å². The van der Waals surface area contributed by atoms with E-state index in [1.54, 1.807) is 0 Å². The van der Waals surface area contributed by atoms with Gasteiger partial charge in [0.05, 0.1) is 5.60 Å². The molecule has 0 radical (unpaired) electrons. The lowest BCUT2D eigenvalue weighted by Crippen LogP contribution is -2.53. The summed E-state index contributed by atoms with van der Waals surface area (Å²) in [5.41, 5.74) is 0.674. The fraction of sp³-hybridized carbons (Fsp3) is 1.00. The number of ether oxygens (including phenoxy) is 2. The van der Waals surface area contributed by atoms with Gasteiger partial charge in [-0.05, 0) is 63.3 Å². The summed E-state index contributed by atoms with van der Waals surface area (Å²) in [6.45, 7) is 5.12. The van der Waals surface area contributed by atoms with Crippen molar-refractivity contribution in [3.05, 3.63) is 0 Å². The van der Waals surface area contributed by atoms with Crippen LogP contribution in [-0.2, 0) is 9.47 Å². The quantitative estimate of drug-likeness (QED) is 0.861. The lowest BCUT2D eigenvalue weighted by atomic mass is 9.66. The van der Waals surface area contributed by atoms with Gasteiger partial charge in [0, 0.05) is 25.9 Å². The smallest absolute Gasteiger partial charge is 0.0729 e. The van der Waals surface area contributed by atoms with Gasteiger partial charge in [-0.15, -0.1) is 0 Å². The van der Waals surface area contributed by atoms with Crippen molar-refractivity contribution in [2.45, 2.75) is 76.4 Å². The summed E-state index contributed by atoms with van der Waals surface area (Å²) in [7, 11) is 2.19. The zero-order chi connectivity index (χ0) is 14.8. The van der Waals surface area contributed by atoms with E-state index in [4.69, 9.17) is 9.47 Å². The van der Waals surface area contributed by atoms with E-state index in [9.17, 15) is 0 Å². The first kappa shape index (κ1) is 15.8. The van der Waals surface area contributed by atoms with Crippen molar-refractivity contribution in [1.82, 2.24) is 5.32 Å². The molecule has 122 valence electrons. The third-order valence-electron chi connectivity index (χ3n) is 6.68. The fourth-order valence-electron chi connectivity index (χ4n) is 5.45. The van der Waals surface area contributed by atoms with Crippen LogP contribution in [0.3, 0.4) is 0 Å². The molecule has 1 spiro atoms. The maximum Gasteiger partial charge on any atom is 0.0729 e. The molecule has 3 fully saturated rings. The van der Waals surface area contributed by atoms with Gasteiger partial charge in [-0.3, -0.25) is 0 Å². The van der Waals surface area contributed by atoms with Crippen molar-refractivity contribution in [3.8, 4) is 0 Å². The van der Waals surface area contributed by atoms with Crippen LogP contribution in [0.2, 0.25) is 0 Å². The zero-order valence-corrected chi connectivity index (χ0v) is 14.0. The highest BCUT2D eigenvalue weighted by atomic mass is 16.5. The van der Waals surface area contributed by atoms with E-state index < -0.39 is 0 Å². The molecule has 0 aromatic rings. The average Bonchev–Trinajstić information content (AvgIpc) is 2.99. The molecule has 2 unspecified atom stereocenters. The first-order chi connectivity index (χ1) is 10.2. The third kappa shape index (κ3) is 3.02. The molecule has 21 heavy (non-hydrogen) atoms. The van der Waals surface area contributed by atoms with Crippen LogP contribution in [0.5, 0.6) is 0 Å². The lowest BCUT2D eigenvalue weighted by molar-refractivity contribution is -0.154. The molecule has 3 heteroatoms. The number of rotatable bonds is 4. The van der Waals surface area contributed by atoms with Gasteiger partial charge in [0.25, 0.3) is 0 Å². The SMILES string of the molecule is CCC1(C(NC)C2CCOC3(CCOCC3)C2)CCCC1. The first-order valence-electron chi connectivity index (χ1n) is 9.13. The number of hydrogen-bond donors (Lipinski definition) is 1. The topological polar surface area (TPSA) is 30.5 Å². The van der Waals surface area contributed by atoms with Crippen LogP contribution >= 0.6 is 0 Å². The largest absolute Gasteiger partial charge is 0.381 e. The summed E-state index contributed by atoms with van der Waals surface area (Å²) in [4.78, 5) is 0. The second-order valence-corrected chi connectivity index (χ2v) is 7.59. The monoisotopic (exact) mass is 295 g/mol. The minimum absolute atomic E-state index is 0.129. The molecule has 3 rings (SSSR count). The molecular weight excluding hydrogens is 262 g/mol. The summed E-state index contributed by atoms with van der Waals surface area (Å²) in [5.74, 6) is 0.778. The molecule has 3 aliphatic rings. The Morgan fingerprint density at radius 3 is 2.43 bits per heavy atom. The van der Waals surface area contributed by atoms with Crippen molar-refractivity contribution in [2.75, 3.05) is 26.9 Å². The van der Waals surface area contributed by atoms with Crippen molar-refractivity contribution >= 4 is 0 Å². The summed E-state index contributed by atoms with van der Waals surface area (Å²) >= 11 is 0. The molecule has 0 aromatic carbocycles. The van der Waals surface area contributed by atoms with Crippen LogP contribution in [0, 0.1) is 11.3 Å². The molecule has 0 bridgehead atoms. The Balaban J connectivity index is 1.74. The van der Waals surface area contributed by atoms with Gasteiger partial charge >= 0.3 is 0 Å². The van der Waals surface area contributed by atoms with E-state index in [2.05, 4.69) is 19.3 Å². The van der Waals surface area contributed by atoms with Crippen LogP contribution in [0.25, 0.3) is 0 Å². The second kappa shape index (κ2) is 6.55. The van der Waals surface area contributed by atoms with E-state index in [1.165, 1.54) is 44.9 Å². The van der Waals surface area contributed by atoms with E-state index in [1.807, 2.05) is 0 Å². The maximum atomic E-state index is 6.25. The van der Waals surface area contributed by atoms with Gasteiger partial charge in [0.15, 0.2) is 0 Å². The van der Waals surface area contributed by atoms with Crippen molar-refractivity contribution in [3.63, 3.8) is 0 Å². The highest BCUT2D eigenvalue weighted by molar-refractivity contribution is 5.00. The molecule has 2 atom stereocenters. The maximum absolute atomic E-state index is 6.25. The van der Waals surface area contributed by atoms with Crippen LogP contribution in [0.1, 0.15) is 64.7 Å². The molecule has 2 heterocycles. The predicted molar refractivity (Wildman–Crippen MR) is 85.5 cm³/mol. The highest BCUT2D eigenvalue weighted by Gasteiger charge is 2.47. The van der Waals surface area contributed by atoms with Crippen molar-refractivity contribution < 1.29 is 9.47 Å². The normalized spacial score (nSPS) is 33.1. The van der Waals surface area contributed by atoms with Crippen LogP contribution < -0.4 is 5.32 Å². The summed E-state index contributed by atoms with van der Waals surface area (Å²) < 4.78 is 11.8. The Bertz CT molecular complexity index is 327. The molecular formula is C18H33NO2. The van der Waals surface area contributed by atoms with E-state index in [-0.39, 0.29) is 5.60 Å².